The first kappa shape index (κ1) is 38.1. The molecule has 0 spiro atoms. The van der Waals surface area contributed by atoms with Crippen LogP contribution in [-0.4, -0.2) is 75.9 Å². The minimum Gasteiger partial charge on any atom is -0.452 e. The lowest BCUT2D eigenvalue weighted by atomic mass is 9.83. The number of hydrogen-bond donors (Lipinski definition) is 3. The molecule has 52 heavy (non-hydrogen) atoms. The second-order valence-electron chi connectivity index (χ2n) is 12.2. The van der Waals surface area contributed by atoms with Gasteiger partial charge in [0, 0.05) is 18.0 Å². The molecule has 4 aromatic rings. The molecule has 0 radical (unpaired) electrons. The number of anilines is 1. The van der Waals surface area contributed by atoms with Crippen LogP contribution in [-0.2, 0) is 25.4 Å². The highest BCUT2D eigenvalue weighted by Gasteiger charge is 2.37. The Morgan fingerprint density at radius 3 is 2.37 bits per heavy atom. The number of nitrogens with one attached hydrogen (secondary N) is 2. The van der Waals surface area contributed by atoms with Crippen molar-refractivity contribution in [3.8, 4) is 0 Å². The Morgan fingerprint density at radius 2 is 1.69 bits per heavy atom. The molecule has 5 rings (SSSR count). The third-order valence-electron chi connectivity index (χ3n) is 8.65. The average Bonchev–Trinajstić information content (AvgIpc) is 3.13. The summed E-state index contributed by atoms with van der Waals surface area (Å²) >= 11 is 0. The standard InChI is InChI=1S/C37H37F5N4O6/c1-50-36(49)46(34(47)33(43)32(23-11-13-26(38)14-12-23)25-10-9-22-5-2-3-6-24(22)17-25)31-8-4-7-30(39)29(31)16-15-28-18-44-27(19-51-28)20-52-35(48)45-21-37(40,41)42/h2-14,17,27-28,32-33,44H,15-16,18-21,43H2,1H3,(H,45,48)/t27-,28+,32+,33-/m0/s1. The number of amides is 3. The number of nitrogens with two attached hydrogens (primary N) is 1. The zero-order valence-electron chi connectivity index (χ0n) is 28.0. The molecule has 10 nitrogen and oxygen atoms in total. The summed E-state index contributed by atoms with van der Waals surface area (Å²) in [5.74, 6) is -2.93. The van der Waals surface area contributed by atoms with Crippen LogP contribution in [0.3, 0.4) is 0 Å². The molecular formula is C37H37F5N4O6. The summed E-state index contributed by atoms with van der Waals surface area (Å²) in [6.45, 7) is -1.49. The van der Waals surface area contributed by atoms with E-state index in [-0.39, 0.29) is 43.9 Å². The van der Waals surface area contributed by atoms with Gasteiger partial charge in [-0.05, 0) is 59.0 Å². The largest absolute Gasteiger partial charge is 0.452 e. The Balaban J connectivity index is 1.33. The molecule has 0 aromatic heterocycles. The molecule has 1 heterocycles. The molecule has 0 unspecified atom stereocenters. The van der Waals surface area contributed by atoms with Gasteiger partial charge >= 0.3 is 18.4 Å². The predicted octanol–water partition coefficient (Wildman–Crippen LogP) is 5.95. The molecule has 4 atom stereocenters. The zero-order chi connectivity index (χ0) is 37.4. The highest BCUT2D eigenvalue weighted by Crippen LogP contribution is 2.33. The van der Waals surface area contributed by atoms with Crippen molar-refractivity contribution in [1.82, 2.24) is 10.6 Å². The Kier molecular flexibility index (Phi) is 12.4. The third kappa shape index (κ3) is 9.60. The van der Waals surface area contributed by atoms with Crippen LogP contribution in [0.2, 0.25) is 0 Å². The molecule has 0 bridgehead atoms. The van der Waals surface area contributed by atoms with Crippen LogP contribution in [0.15, 0.2) is 84.9 Å². The van der Waals surface area contributed by atoms with Gasteiger partial charge in [0.15, 0.2) is 0 Å². The van der Waals surface area contributed by atoms with Crippen LogP contribution >= 0.6 is 0 Å². The molecule has 276 valence electrons. The van der Waals surface area contributed by atoms with Gasteiger partial charge in [-0.25, -0.2) is 23.3 Å². The van der Waals surface area contributed by atoms with Crippen LogP contribution in [0.4, 0.5) is 37.2 Å². The second-order valence-corrected chi connectivity index (χ2v) is 12.2. The minimum absolute atomic E-state index is 0.0114. The van der Waals surface area contributed by atoms with E-state index in [2.05, 4.69) is 5.32 Å². The van der Waals surface area contributed by atoms with Crippen LogP contribution in [0.5, 0.6) is 0 Å². The van der Waals surface area contributed by atoms with E-state index in [1.807, 2.05) is 36.4 Å². The summed E-state index contributed by atoms with van der Waals surface area (Å²) in [7, 11) is 1.08. The molecule has 1 fully saturated rings. The van der Waals surface area contributed by atoms with E-state index < -0.39 is 66.6 Å². The van der Waals surface area contributed by atoms with Crippen LogP contribution in [0, 0.1) is 11.6 Å². The number of morpholine rings is 1. The van der Waals surface area contributed by atoms with E-state index in [1.165, 1.54) is 42.5 Å². The Hall–Kier alpha value is -5.12. The fraction of sp³-hybridized carbons (Fsp3) is 0.324. The molecule has 4 N–H and O–H groups in total. The maximum Gasteiger partial charge on any atom is 0.420 e. The number of methoxy groups -OCH3 is 1. The summed E-state index contributed by atoms with van der Waals surface area (Å²) in [5.41, 5.74) is 7.79. The van der Waals surface area contributed by atoms with Gasteiger partial charge in [-0.3, -0.25) is 4.79 Å². The lowest BCUT2D eigenvalue weighted by Crippen LogP contribution is -2.50. The van der Waals surface area contributed by atoms with Crippen molar-refractivity contribution >= 4 is 34.6 Å². The van der Waals surface area contributed by atoms with Crippen LogP contribution in [0.25, 0.3) is 10.8 Å². The highest BCUT2D eigenvalue weighted by atomic mass is 19.4. The van der Waals surface area contributed by atoms with Crippen molar-refractivity contribution in [2.75, 3.05) is 38.3 Å². The van der Waals surface area contributed by atoms with E-state index in [0.29, 0.717) is 16.0 Å². The number of rotatable bonds is 11. The number of halogens is 5. The summed E-state index contributed by atoms with van der Waals surface area (Å²) < 4.78 is 82.0. The lowest BCUT2D eigenvalue weighted by Gasteiger charge is -2.31. The number of imide groups is 1. The first-order valence-electron chi connectivity index (χ1n) is 16.4. The monoisotopic (exact) mass is 728 g/mol. The summed E-state index contributed by atoms with van der Waals surface area (Å²) in [6.07, 6.45) is -7.13. The number of alkyl carbamates (subject to hydrolysis) is 1. The van der Waals surface area contributed by atoms with E-state index in [9.17, 15) is 31.9 Å². The van der Waals surface area contributed by atoms with Gasteiger partial charge < -0.3 is 30.6 Å². The number of carbonyl (C=O) groups excluding carboxylic acids is 3. The normalized spacial score (nSPS) is 17.2. The van der Waals surface area contributed by atoms with Gasteiger partial charge in [0.05, 0.1) is 37.6 Å². The minimum atomic E-state index is -4.58. The van der Waals surface area contributed by atoms with Gasteiger partial charge in [-0.2, -0.15) is 13.2 Å². The van der Waals surface area contributed by atoms with Crippen molar-refractivity contribution < 1.29 is 50.5 Å². The van der Waals surface area contributed by atoms with Crippen molar-refractivity contribution in [2.45, 2.75) is 43.1 Å². The zero-order valence-corrected chi connectivity index (χ0v) is 28.0. The highest BCUT2D eigenvalue weighted by molar-refractivity contribution is 6.15. The third-order valence-corrected chi connectivity index (χ3v) is 8.65. The number of fused-ring (bicyclic) bond motifs is 1. The molecule has 15 heteroatoms. The van der Waals surface area contributed by atoms with Gasteiger partial charge in [0.2, 0.25) is 0 Å². The first-order chi connectivity index (χ1) is 24.8. The SMILES string of the molecule is COC(=O)N(C(=O)[C@@H](N)[C@H](c1ccc(F)cc1)c1ccc2ccccc2c1)c1cccc(F)c1CC[C@@H]1CN[C@H](COC(=O)NCC(F)(F)F)CO1. The molecule has 0 saturated carbocycles. The number of benzene rings is 4. The topological polar surface area (TPSA) is 132 Å². The van der Waals surface area contributed by atoms with Gasteiger partial charge in [0.1, 0.15) is 24.8 Å². The maximum atomic E-state index is 15.5. The van der Waals surface area contributed by atoms with E-state index in [4.69, 9.17) is 19.9 Å². The molecule has 1 saturated heterocycles. The molecule has 1 aliphatic rings. The summed E-state index contributed by atoms with van der Waals surface area (Å²) in [4.78, 5) is 39.9. The number of nitrogens with zero attached hydrogens (tertiary/aromatic N) is 1. The predicted molar refractivity (Wildman–Crippen MR) is 182 cm³/mol. The molecule has 3 amide bonds. The Bertz CT molecular complexity index is 1870. The lowest BCUT2D eigenvalue weighted by molar-refractivity contribution is -0.124. The first-order valence-corrected chi connectivity index (χ1v) is 16.4. The Morgan fingerprint density at radius 1 is 0.981 bits per heavy atom. The van der Waals surface area contributed by atoms with Crippen molar-refractivity contribution in [3.63, 3.8) is 0 Å². The number of ether oxygens (including phenoxy) is 3. The van der Waals surface area contributed by atoms with Crippen molar-refractivity contribution in [1.29, 1.82) is 0 Å². The number of alkyl halides is 3. The van der Waals surface area contributed by atoms with Crippen molar-refractivity contribution in [3.05, 3.63) is 113 Å². The number of hydrogen-bond acceptors (Lipinski definition) is 8. The number of carbonyl (C=O) groups is 3. The van der Waals surface area contributed by atoms with E-state index >= 15 is 4.39 Å². The quantitative estimate of drug-likeness (QED) is 0.162. The maximum absolute atomic E-state index is 15.5. The molecule has 4 aromatic carbocycles. The van der Waals surface area contributed by atoms with Crippen LogP contribution < -0.4 is 21.3 Å². The molecular weight excluding hydrogens is 691 g/mol. The fourth-order valence-electron chi connectivity index (χ4n) is 6.04. The molecule has 0 aliphatic carbocycles. The average molecular weight is 729 g/mol. The molecule has 1 aliphatic heterocycles. The summed E-state index contributed by atoms with van der Waals surface area (Å²) in [6, 6.07) is 20.6. The smallest absolute Gasteiger partial charge is 0.420 e. The van der Waals surface area contributed by atoms with E-state index in [0.717, 1.165) is 17.9 Å². The van der Waals surface area contributed by atoms with Crippen molar-refractivity contribution in [2.24, 2.45) is 5.73 Å². The van der Waals surface area contributed by atoms with Gasteiger partial charge in [-0.1, -0.05) is 60.7 Å². The summed E-state index contributed by atoms with van der Waals surface area (Å²) in [5, 5.41) is 6.51. The van der Waals surface area contributed by atoms with E-state index in [1.54, 1.807) is 11.4 Å². The van der Waals surface area contributed by atoms with Gasteiger partial charge in [-0.15, -0.1) is 0 Å². The van der Waals surface area contributed by atoms with Crippen LogP contribution in [0.1, 0.15) is 29.0 Å². The van der Waals surface area contributed by atoms with Gasteiger partial charge in [0.25, 0.3) is 5.91 Å². The Labute approximate surface area is 296 Å². The second kappa shape index (κ2) is 16.9. The fourth-order valence-corrected chi connectivity index (χ4v) is 6.04.